The predicted octanol–water partition coefficient (Wildman–Crippen LogP) is 1.52. The van der Waals surface area contributed by atoms with Gasteiger partial charge >= 0.3 is 11.7 Å². The van der Waals surface area contributed by atoms with E-state index >= 15 is 0 Å². The van der Waals surface area contributed by atoms with Crippen LogP contribution < -0.4 is 11.0 Å². The number of nitrogens with zero attached hydrogens (tertiary/aromatic N) is 4. The summed E-state index contributed by atoms with van der Waals surface area (Å²) in [5.41, 5.74) is 1.94. The minimum Gasteiger partial charge on any atom is -0.459 e. The van der Waals surface area contributed by atoms with Gasteiger partial charge in [0, 0.05) is 25.2 Å². The molecule has 1 N–H and O–H groups in total. The first-order valence-electron chi connectivity index (χ1n) is 10.3. The number of piperidine rings is 1. The highest BCUT2D eigenvalue weighted by Crippen LogP contribution is 2.27. The number of ether oxygens (including phenoxy) is 1. The fourth-order valence-corrected chi connectivity index (χ4v) is 3.88. The predicted molar refractivity (Wildman–Crippen MR) is 116 cm³/mol. The molecule has 1 aliphatic heterocycles. The van der Waals surface area contributed by atoms with E-state index in [1.807, 2.05) is 12.1 Å². The number of carbonyl (C=O) groups excluding carboxylic acids is 3. The molecule has 1 aliphatic rings. The number of fused-ring (bicyclic) bond motifs is 1. The van der Waals surface area contributed by atoms with E-state index in [-0.39, 0.29) is 37.0 Å². The van der Waals surface area contributed by atoms with E-state index in [1.165, 1.54) is 13.8 Å². The SMILES string of the molecule is Cn1c(=O)n(C2CCC(=O)NC2=O)c2ccc(-c3cnn(CC(=O)OC(C)(C)C)c3)cc21. The van der Waals surface area contributed by atoms with Crippen LogP contribution in [0.5, 0.6) is 0 Å². The standard InChI is InChI=1S/C22H25N5O5/c1-22(2,3)32-19(29)12-26-11-14(10-23-26)13-5-6-15-17(9-13)25(4)21(31)27(15)16-7-8-18(28)24-20(16)30/h5-6,9-11,16H,7-8,12H2,1-4H3,(H,24,28,30). The summed E-state index contributed by atoms with van der Waals surface area (Å²) in [6, 6.07) is 4.72. The van der Waals surface area contributed by atoms with Crippen LogP contribution in [0, 0.1) is 0 Å². The smallest absolute Gasteiger partial charge is 0.329 e. The molecule has 10 heteroatoms. The van der Waals surface area contributed by atoms with Crippen LogP contribution in [0.1, 0.15) is 39.7 Å². The van der Waals surface area contributed by atoms with Gasteiger partial charge in [-0.15, -0.1) is 0 Å². The number of amides is 2. The van der Waals surface area contributed by atoms with Gasteiger partial charge in [0.05, 0.1) is 17.2 Å². The number of hydrogen-bond acceptors (Lipinski definition) is 6. The van der Waals surface area contributed by atoms with Gasteiger partial charge in [-0.3, -0.25) is 33.5 Å². The van der Waals surface area contributed by atoms with Crippen LogP contribution in [0.25, 0.3) is 22.2 Å². The number of aromatic nitrogens is 4. The lowest BCUT2D eigenvalue weighted by Crippen LogP contribution is -2.44. The molecule has 10 nitrogen and oxygen atoms in total. The van der Waals surface area contributed by atoms with Crippen molar-refractivity contribution in [2.75, 3.05) is 0 Å². The molecule has 2 amide bonds. The third kappa shape index (κ3) is 4.08. The lowest BCUT2D eigenvalue weighted by molar-refractivity contribution is -0.155. The van der Waals surface area contributed by atoms with Crippen LogP contribution in [0.4, 0.5) is 0 Å². The van der Waals surface area contributed by atoms with Crippen molar-refractivity contribution >= 4 is 28.8 Å². The molecule has 1 atom stereocenters. The number of hydrogen-bond donors (Lipinski definition) is 1. The molecule has 0 spiro atoms. The van der Waals surface area contributed by atoms with Gasteiger partial charge < -0.3 is 4.74 Å². The molecule has 2 aromatic heterocycles. The fourth-order valence-electron chi connectivity index (χ4n) is 3.88. The zero-order chi connectivity index (χ0) is 23.2. The summed E-state index contributed by atoms with van der Waals surface area (Å²) in [6.07, 6.45) is 3.85. The molecule has 0 radical (unpaired) electrons. The highest BCUT2D eigenvalue weighted by molar-refractivity contribution is 6.00. The van der Waals surface area contributed by atoms with Gasteiger partial charge in [0.2, 0.25) is 11.8 Å². The summed E-state index contributed by atoms with van der Waals surface area (Å²) < 4.78 is 9.74. The topological polar surface area (TPSA) is 117 Å². The van der Waals surface area contributed by atoms with Gasteiger partial charge in [0.25, 0.3) is 0 Å². The lowest BCUT2D eigenvalue weighted by atomic mass is 10.1. The van der Waals surface area contributed by atoms with Crippen molar-refractivity contribution in [2.45, 2.75) is 51.8 Å². The van der Waals surface area contributed by atoms with Crippen molar-refractivity contribution in [3.63, 3.8) is 0 Å². The molecular weight excluding hydrogens is 414 g/mol. The van der Waals surface area contributed by atoms with E-state index in [9.17, 15) is 19.2 Å². The number of carbonyl (C=O) groups is 3. The minimum absolute atomic E-state index is 0.0100. The van der Waals surface area contributed by atoms with Crippen LogP contribution >= 0.6 is 0 Å². The van der Waals surface area contributed by atoms with Gasteiger partial charge in [0.1, 0.15) is 18.2 Å². The number of rotatable bonds is 4. The number of nitrogens with one attached hydrogen (secondary N) is 1. The van der Waals surface area contributed by atoms with E-state index in [1.54, 1.807) is 46.3 Å². The average molecular weight is 439 g/mol. The molecule has 0 bridgehead atoms. The normalized spacial score (nSPS) is 16.9. The molecule has 0 saturated carbocycles. The quantitative estimate of drug-likeness (QED) is 0.487. The van der Waals surface area contributed by atoms with Gasteiger partial charge in [-0.1, -0.05) is 6.07 Å². The second-order valence-electron chi connectivity index (χ2n) is 8.90. The maximum Gasteiger partial charge on any atom is 0.329 e. The van der Waals surface area contributed by atoms with Crippen molar-refractivity contribution in [3.05, 3.63) is 41.1 Å². The Morgan fingerprint density at radius 2 is 1.94 bits per heavy atom. The van der Waals surface area contributed by atoms with Crippen LogP contribution in [-0.2, 0) is 32.7 Å². The number of benzene rings is 1. The largest absolute Gasteiger partial charge is 0.459 e. The first-order valence-corrected chi connectivity index (χ1v) is 10.3. The van der Waals surface area contributed by atoms with Gasteiger partial charge in [-0.25, -0.2) is 4.79 Å². The van der Waals surface area contributed by atoms with Crippen molar-refractivity contribution in [2.24, 2.45) is 7.05 Å². The molecule has 1 fully saturated rings. The molecule has 4 rings (SSSR count). The third-order valence-electron chi connectivity index (χ3n) is 5.29. The summed E-state index contributed by atoms with van der Waals surface area (Å²) in [4.78, 5) is 48.8. The summed E-state index contributed by atoms with van der Waals surface area (Å²) in [5.74, 6) is -1.18. The van der Waals surface area contributed by atoms with E-state index in [4.69, 9.17) is 4.74 Å². The Labute approximate surface area is 183 Å². The van der Waals surface area contributed by atoms with Gasteiger partial charge in [-0.05, 0) is 44.9 Å². The number of esters is 1. The molecular formula is C22H25N5O5. The van der Waals surface area contributed by atoms with E-state index in [0.717, 1.165) is 11.1 Å². The Morgan fingerprint density at radius 1 is 1.19 bits per heavy atom. The fraction of sp³-hybridized carbons (Fsp3) is 0.409. The number of aryl methyl sites for hydroxylation is 1. The first-order chi connectivity index (χ1) is 15.0. The van der Waals surface area contributed by atoms with Crippen LogP contribution in [0.15, 0.2) is 35.4 Å². The van der Waals surface area contributed by atoms with Crippen molar-refractivity contribution in [3.8, 4) is 11.1 Å². The summed E-state index contributed by atoms with van der Waals surface area (Å²) in [6.45, 7) is 5.41. The molecule has 168 valence electrons. The Bertz CT molecular complexity index is 1290. The maximum absolute atomic E-state index is 12.9. The van der Waals surface area contributed by atoms with E-state index in [0.29, 0.717) is 11.0 Å². The van der Waals surface area contributed by atoms with E-state index in [2.05, 4.69) is 10.4 Å². The van der Waals surface area contributed by atoms with Crippen LogP contribution in [0.3, 0.4) is 0 Å². The molecule has 32 heavy (non-hydrogen) atoms. The summed E-state index contributed by atoms with van der Waals surface area (Å²) in [5, 5.41) is 6.54. The Balaban J connectivity index is 1.64. The highest BCUT2D eigenvalue weighted by atomic mass is 16.6. The second kappa shape index (κ2) is 7.77. The molecule has 1 unspecified atom stereocenters. The summed E-state index contributed by atoms with van der Waals surface area (Å²) in [7, 11) is 1.64. The lowest BCUT2D eigenvalue weighted by Gasteiger charge is -2.21. The Kier molecular flexibility index (Phi) is 5.23. The monoisotopic (exact) mass is 439 g/mol. The van der Waals surface area contributed by atoms with Crippen molar-refractivity contribution in [1.82, 2.24) is 24.2 Å². The molecule has 3 aromatic rings. The Hall–Kier alpha value is -3.69. The van der Waals surface area contributed by atoms with Gasteiger partial charge in [0.15, 0.2) is 0 Å². The van der Waals surface area contributed by atoms with Crippen LogP contribution in [-0.4, -0.2) is 42.3 Å². The molecule has 0 aliphatic carbocycles. The molecule has 3 heterocycles. The number of imidazole rings is 1. The molecule has 1 saturated heterocycles. The second-order valence-corrected chi connectivity index (χ2v) is 8.90. The van der Waals surface area contributed by atoms with Crippen LogP contribution in [0.2, 0.25) is 0 Å². The zero-order valence-corrected chi connectivity index (χ0v) is 18.4. The average Bonchev–Trinajstić information content (AvgIpc) is 3.24. The summed E-state index contributed by atoms with van der Waals surface area (Å²) >= 11 is 0. The van der Waals surface area contributed by atoms with E-state index < -0.39 is 17.6 Å². The van der Waals surface area contributed by atoms with Crippen molar-refractivity contribution < 1.29 is 19.1 Å². The molecule has 1 aromatic carbocycles. The Morgan fingerprint density at radius 3 is 2.62 bits per heavy atom. The highest BCUT2D eigenvalue weighted by Gasteiger charge is 2.31. The first kappa shape index (κ1) is 21.5. The van der Waals surface area contributed by atoms with Gasteiger partial charge in [-0.2, -0.15) is 5.10 Å². The minimum atomic E-state index is -0.730. The maximum atomic E-state index is 12.9. The third-order valence-corrected chi connectivity index (χ3v) is 5.29. The number of imide groups is 1. The van der Waals surface area contributed by atoms with Crippen molar-refractivity contribution in [1.29, 1.82) is 0 Å². The zero-order valence-electron chi connectivity index (χ0n) is 18.4.